The van der Waals surface area contributed by atoms with Crippen LogP contribution in [0.2, 0.25) is 5.02 Å². The van der Waals surface area contributed by atoms with Gasteiger partial charge in [0.05, 0.1) is 22.0 Å². The summed E-state index contributed by atoms with van der Waals surface area (Å²) in [5, 5.41) is 14.8. The van der Waals surface area contributed by atoms with E-state index in [1.54, 1.807) is 36.4 Å². The lowest BCUT2D eigenvalue weighted by Gasteiger charge is -2.10. The number of nitrogens with one attached hydrogen (secondary N) is 2. The highest BCUT2D eigenvalue weighted by atomic mass is 35.5. The van der Waals surface area contributed by atoms with Crippen molar-refractivity contribution in [3.05, 3.63) is 58.6 Å². The van der Waals surface area contributed by atoms with Gasteiger partial charge in [-0.2, -0.15) is 5.26 Å². The molecule has 2 N–H and O–H groups in total. The number of para-hydroxylation sites is 1. The summed E-state index contributed by atoms with van der Waals surface area (Å²) in [5.74, 6) is 0. The van der Waals surface area contributed by atoms with Crippen LogP contribution in [0.1, 0.15) is 11.1 Å². The smallest absolute Gasteiger partial charge is 0.306 e. The van der Waals surface area contributed by atoms with Crippen LogP contribution in [0.3, 0.4) is 0 Å². The number of benzene rings is 2. The third kappa shape index (κ3) is 3.08. The molecular formula is C15H12ClN3O. The molecule has 100 valence electrons. The van der Waals surface area contributed by atoms with E-state index in [4.69, 9.17) is 16.9 Å². The number of halogens is 1. The van der Waals surface area contributed by atoms with Crippen molar-refractivity contribution in [3.63, 3.8) is 0 Å². The number of nitrogens with zero attached hydrogens (tertiary/aromatic N) is 1. The molecular weight excluding hydrogens is 274 g/mol. The van der Waals surface area contributed by atoms with E-state index < -0.39 is 6.03 Å². The molecule has 0 aromatic heterocycles. The first kappa shape index (κ1) is 13.9. The second kappa shape index (κ2) is 6.09. The summed E-state index contributed by atoms with van der Waals surface area (Å²) in [5.41, 5.74) is 2.24. The molecule has 0 bridgehead atoms. The molecule has 0 aliphatic carbocycles. The van der Waals surface area contributed by atoms with Gasteiger partial charge < -0.3 is 10.6 Å². The van der Waals surface area contributed by atoms with Gasteiger partial charge in [0, 0.05) is 0 Å². The van der Waals surface area contributed by atoms with Gasteiger partial charge in [-0.3, -0.25) is 0 Å². The van der Waals surface area contributed by atoms with E-state index in [0.29, 0.717) is 22.0 Å². The monoisotopic (exact) mass is 285 g/mol. The highest BCUT2D eigenvalue weighted by Crippen LogP contribution is 2.22. The van der Waals surface area contributed by atoms with Gasteiger partial charge in [0.1, 0.15) is 6.07 Å². The number of urea groups is 1. The van der Waals surface area contributed by atoms with Crippen LogP contribution in [0.25, 0.3) is 0 Å². The van der Waals surface area contributed by atoms with Gasteiger partial charge in [0.2, 0.25) is 0 Å². The molecule has 0 spiro atoms. The molecule has 0 unspecified atom stereocenters. The van der Waals surface area contributed by atoms with Crippen molar-refractivity contribution >= 4 is 29.0 Å². The molecule has 0 saturated carbocycles. The molecule has 0 atom stereocenters. The van der Waals surface area contributed by atoms with Gasteiger partial charge in [-0.1, -0.05) is 35.9 Å². The summed E-state index contributed by atoms with van der Waals surface area (Å²) in [6, 6.07) is 13.8. The molecule has 2 rings (SSSR count). The van der Waals surface area contributed by atoms with Crippen molar-refractivity contribution in [2.75, 3.05) is 10.6 Å². The largest absolute Gasteiger partial charge is 0.323 e. The maximum absolute atomic E-state index is 11.9. The van der Waals surface area contributed by atoms with E-state index in [1.165, 1.54) is 0 Å². The summed E-state index contributed by atoms with van der Waals surface area (Å²) >= 11 is 5.96. The maximum Gasteiger partial charge on any atom is 0.323 e. The minimum absolute atomic E-state index is 0.444. The van der Waals surface area contributed by atoms with Crippen LogP contribution in [-0.4, -0.2) is 6.03 Å². The zero-order valence-corrected chi connectivity index (χ0v) is 11.5. The minimum atomic E-state index is -0.444. The molecule has 2 aromatic carbocycles. The Balaban J connectivity index is 2.16. The lowest BCUT2D eigenvalue weighted by Crippen LogP contribution is -2.20. The lowest BCUT2D eigenvalue weighted by molar-refractivity contribution is 0.262. The molecule has 0 heterocycles. The number of carbonyl (C=O) groups excluding carboxylic acids is 1. The molecule has 0 radical (unpaired) electrons. The predicted octanol–water partition coefficient (Wildman–Crippen LogP) is 4.16. The average molecular weight is 286 g/mol. The Morgan fingerprint density at radius 1 is 1.10 bits per heavy atom. The fraction of sp³-hybridized carbons (Fsp3) is 0.0667. The lowest BCUT2D eigenvalue weighted by atomic mass is 10.1. The summed E-state index contributed by atoms with van der Waals surface area (Å²) in [6.45, 7) is 1.82. The summed E-state index contributed by atoms with van der Waals surface area (Å²) in [7, 11) is 0. The van der Waals surface area contributed by atoms with Crippen LogP contribution < -0.4 is 10.6 Å². The van der Waals surface area contributed by atoms with Crippen molar-refractivity contribution < 1.29 is 4.79 Å². The fourth-order valence-corrected chi connectivity index (χ4v) is 1.94. The van der Waals surface area contributed by atoms with E-state index in [2.05, 4.69) is 16.7 Å². The molecule has 4 nitrogen and oxygen atoms in total. The van der Waals surface area contributed by atoms with Crippen molar-refractivity contribution in [2.45, 2.75) is 6.92 Å². The first-order valence-electron chi connectivity index (χ1n) is 5.94. The Morgan fingerprint density at radius 2 is 1.75 bits per heavy atom. The summed E-state index contributed by atoms with van der Waals surface area (Å²) < 4.78 is 0. The molecule has 5 heteroatoms. The van der Waals surface area contributed by atoms with Crippen LogP contribution in [0.4, 0.5) is 16.2 Å². The molecule has 0 saturated heterocycles. The normalized spacial score (nSPS) is 9.65. The first-order chi connectivity index (χ1) is 9.61. The standard InChI is InChI=1S/C15H12ClN3O/c1-10-5-4-8-13(11(10)9-17)18-15(20)19-14-7-3-2-6-12(14)16/h2-8H,1H3,(H2,18,19,20). The topological polar surface area (TPSA) is 64.9 Å². The Kier molecular flexibility index (Phi) is 4.24. The van der Waals surface area contributed by atoms with E-state index in [1.807, 2.05) is 13.0 Å². The molecule has 2 amide bonds. The zero-order valence-electron chi connectivity index (χ0n) is 10.8. The van der Waals surface area contributed by atoms with Crippen LogP contribution in [-0.2, 0) is 0 Å². The Hall–Kier alpha value is -2.51. The predicted molar refractivity (Wildman–Crippen MR) is 80.0 cm³/mol. The van der Waals surface area contributed by atoms with Crippen LogP contribution in [0.5, 0.6) is 0 Å². The van der Waals surface area contributed by atoms with Gasteiger partial charge in [-0.25, -0.2) is 4.79 Å². The Labute approximate surface area is 122 Å². The summed E-state index contributed by atoms with van der Waals surface area (Å²) in [6.07, 6.45) is 0. The maximum atomic E-state index is 11.9. The van der Waals surface area contributed by atoms with Crippen molar-refractivity contribution in [3.8, 4) is 6.07 Å². The van der Waals surface area contributed by atoms with Crippen LogP contribution in [0.15, 0.2) is 42.5 Å². The van der Waals surface area contributed by atoms with E-state index in [0.717, 1.165) is 5.56 Å². The van der Waals surface area contributed by atoms with Crippen LogP contribution in [0, 0.1) is 18.3 Å². The van der Waals surface area contributed by atoms with E-state index in [-0.39, 0.29) is 0 Å². The Bertz CT molecular complexity index is 692. The number of aryl methyl sites for hydroxylation is 1. The zero-order chi connectivity index (χ0) is 14.5. The SMILES string of the molecule is Cc1cccc(NC(=O)Nc2ccccc2Cl)c1C#N. The van der Waals surface area contributed by atoms with Crippen molar-refractivity contribution in [1.82, 2.24) is 0 Å². The van der Waals surface area contributed by atoms with E-state index >= 15 is 0 Å². The number of nitriles is 1. The second-order valence-electron chi connectivity index (χ2n) is 4.17. The van der Waals surface area contributed by atoms with Gasteiger partial charge in [0.25, 0.3) is 0 Å². The Morgan fingerprint density at radius 3 is 2.45 bits per heavy atom. The number of hydrogen-bond donors (Lipinski definition) is 2. The van der Waals surface area contributed by atoms with Crippen molar-refractivity contribution in [1.29, 1.82) is 5.26 Å². The number of amides is 2. The van der Waals surface area contributed by atoms with Gasteiger partial charge in [0.15, 0.2) is 0 Å². The quantitative estimate of drug-likeness (QED) is 0.870. The minimum Gasteiger partial charge on any atom is -0.306 e. The number of hydrogen-bond acceptors (Lipinski definition) is 2. The average Bonchev–Trinajstić information content (AvgIpc) is 2.42. The summed E-state index contributed by atoms with van der Waals surface area (Å²) in [4.78, 5) is 11.9. The first-order valence-corrected chi connectivity index (χ1v) is 6.32. The molecule has 0 aliphatic rings. The second-order valence-corrected chi connectivity index (χ2v) is 4.58. The number of rotatable bonds is 2. The third-order valence-electron chi connectivity index (χ3n) is 2.75. The van der Waals surface area contributed by atoms with E-state index in [9.17, 15) is 4.79 Å². The highest BCUT2D eigenvalue weighted by Gasteiger charge is 2.09. The van der Waals surface area contributed by atoms with Crippen molar-refractivity contribution in [2.24, 2.45) is 0 Å². The highest BCUT2D eigenvalue weighted by molar-refractivity contribution is 6.33. The fourth-order valence-electron chi connectivity index (χ4n) is 1.76. The number of anilines is 2. The molecule has 0 fully saturated rings. The van der Waals surface area contributed by atoms with Gasteiger partial charge in [-0.15, -0.1) is 0 Å². The molecule has 0 aliphatic heterocycles. The third-order valence-corrected chi connectivity index (χ3v) is 3.08. The van der Waals surface area contributed by atoms with Crippen LogP contribution >= 0.6 is 11.6 Å². The molecule has 20 heavy (non-hydrogen) atoms. The molecule has 2 aromatic rings. The van der Waals surface area contributed by atoms with Gasteiger partial charge in [-0.05, 0) is 30.7 Å². The van der Waals surface area contributed by atoms with Gasteiger partial charge >= 0.3 is 6.03 Å². The number of carbonyl (C=O) groups is 1.